The van der Waals surface area contributed by atoms with Gasteiger partial charge < -0.3 is 9.47 Å². The van der Waals surface area contributed by atoms with Crippen molar-refractivity contribution in [3.05, 3.63) is 0 Å². The van der Waals surface area contributed by atoms with Gasteiger partial charge in [-0.2, -0.15) is 0 Å². The molecule has 0 saturated heterocycles. The Morgan fingerprint density at radius 3 is 1.93 bits per heavy atom. The van der Waals surface area contributed by atoms with E-state index >= 15 is 0 Å². The van der Waals surface area contributed by atoms with E-state index < -0.39 is 29.4 Å². The van der Waals surface area contributed by atoms with E-state index in [0.29, 0.717) is 0 Å². The van der Waals surface area contributed by atoms with Gasteiger partial charge in [-0.3, -0.25) is 9.59 Å². The van der Waals surface area contributed by atoms with Gasteiger partial charge in [-0.25, -0.2) is 4.79 Å². The second-order valence-electron chi connectivity index (χ2n) is 2.63. The molecule has 5 nitrogen and oxygen atoms in total. The predicted octanol–water partition coefficient (Wildman–Crippen LogP) is 0.635. The van der Waals surface area contributed by atoms with Crippen molar-refractivity contribution in [1.82, 2.24) is 0 Å². The summed E-state index contributed by atoms with van der Waals surface area (Å²) in [6.07, 6.45) is -2.08. The fourth-order valence-corrected chi connectivity index (χ4v) is 0.658. The number of rotatable bonds is 4. The van der Waals surface area contributed by atoms with Gasteiger partial charge in [-0.05, 0) is 25.4 Å². The van der Waals surface area contributed by atoms with Crippen LogP contribution in [0.4, 0.5) is 0 Å². The van der Waals surface area contributed by atoms with Gasteiger partial charge in [0, 0.05) is 6.92 Å². The van der Waals surface area contributed by atoms with Crippen LogP contribution in [0.3, 0.4) is 0 Å². The molecule has 0 aromatic rings. The standard InChI is InChI=1S/C8H11ClO5/c1-4(7(9)11)14-8(12)5(2)13-6(3)10/h4-5H,1-3H3/t4?,5-/m1/s1. The van der Waals surface area contributed by atoms with Gasteiger partial charge in [0.1, 0.15) is 0 Å². The smallest absolute Gasteiger partial charge is 0.347 e. The largest absolute Gasteiger partial charge is 0.451 e. The SMILES string of the molecule is CC(=O)O[C@H](C)C(=O)OC(C)C(=O)Cl. The molecule has 0 aromatic heterocycles. The molecule has 6 heteroatoms. The minimum atomic E-state index is -1.04. The van der Waals surface area contributed by atoms with E-state index in [1.807, 2.05) is 0 Å². The summed E-state index contributed by atoms with van der Waals surface area (Å²) in [6, 6.07) is 0. The number of esters is 2. The molecule has 80 valence electrons. The zero-order chi connectivity index (χ0) is 11.3. The van der Waals surface area contributed by atoms with E-state index in [4.69, 9.17) is 11.6 Å². The van der Waals surface area contributed by atoms with E-state index in [1.54, 1.807) is 0 Å². The lowest BCUT2D eigenvalue weighted by Crippen LogP contribution is -2.30. The molecule has 0 N–H and O–H groups in total. The van der Waals surface area contributed by atoms with Gasteiger partial charge in [0.15, 0.2) is 12.2 Å². The Kier molecular flexibility index (Phi) is 5.15. The Balaban J connectivity index is 4.07. The molecule has 0 amide bonds. The summed E-state index contributed by atoms with van der Waals surface area (Å²) in [7, 11) is 0. The van der Waals surface area contributed by atoms with E-state index in [0.717, 1.165) is 0 Å². The summed E-state index contributed by atoms with van der Waals surface area (Å²) in [5.41, 5.74) is 0. The minimum Gasteiger partial charge on any atom is -0.451 e. The highest BCUT2D eigenvalue weighted by Crippen LogP contribution is 2.02. The highest BCUT2D eigenvalue weighted by atomic mass is 35.5. The van der Waals surface area contributed by atoms with Crippen LogP contribution in [-0.2, 0) is 23.9 Å². The lowest BCUT2D eigenvalue weighted by Gasteiger charge is -2.13. The zero-order valence-corrected chi connectivity index (χ0v) is 8.83. The van der Waals surface area contributed by atoms with E-state index in [-0.39, 0.29) is 0 Å². The molecule has 0 aliphatic rings. The van der Waals surface area contributed by atoms with E-state index in [9.17, 15) is 14.4 Å². The highest BCUT2D eigenvalue weighted by Gasteiger charge is 2.22. The first kappa shape index (κ1) is 12.9. The van der Waals surface area contributed by atoms with Crippen molar-refractivity contribution in [2.45, 2.75) is 33.0 Å². The quantitative estimate of drug-likeness (QED) is 0.516. The van der Waals surface area contributed by atoms with Crippen molar-refractivity contribution in [3.8, 4) is 0 Å². The first-order chi connectivity index (χ1) is 6.34. The molecule has 0 saturated carbocycles. The van der Waals surface area contributed by atoms with Crippen molar-refractivity contribution in [3.63, 3.8) is 0 Å². The second kappa shape index (κ2) is 5.59. The molecule has 1 unspecified atom stereocenters. The lowest BCUT2D eigenvalue weighted by molar-refractivity contribution is -0.169. The van der Waals surface area contributed by atoms with Crippen LogP contribution in [0.15, 0.2) is 0 Å². The molecule has 2 atom stereocenters. The van der Waals surface area contributed by atoms with Crippen molar-refractivity contribution in [1.29, 1.82) is 0 Å². The Hall–Kier alpha value is -1.10. The molecule has 0 heterocycles. The topological polar surface area (TPSA) is 69.7 Å². The molecule has 14 heavy (non-hydrogen) atoms. The average molecular weight is 223 g/mol. The zero-order valence-electron chi connectivity index (χ0n) is 8.07. The molecule has 0 aliphatic heterocycles. The van der Waals surface area contributed by atoms with Gasteiger partial charge in [0.2, 0.25) is 0 Å². The van der Waals surface area contributed by atoms with E-state index in [2.05, 4.69) is 9.47 Å². The average Bonchev–Trinajstić information content (AvgIpc) is 2.02. The van der Waals surface area contributed by atoms with Crippen LogP contribution >= 0.6 is 11.6 Å². The van der Waals surface area contributed by atoms with E-state index in [1.165, 1.54) is 20.8 Å². The van der Waals surface area contributed by atoms with Gasteiger partial charge in [0.05, 0.1) is 0 Å². The number of carbonyl (C=O) groups excluding carboxylic acids is 3. The summed E-state index contributed by atoms with van der Waals surface area (Å²) in [4.78, 5) is 32.0. The van der Waals surface area contributed by atoms with Crippen LogP contribution in [0.1, 0.15) is 20.8 Å². The normalized spacial score (nSPS) is 14.0. The Labute approximate surface area is 86.3 Å². The van der Waals surface area contributed by atoms with Crippen LogP contribution in [0.2, 0.25) is 0 Å². The van der Waals surface area contributed by atoms with Crippen LogP contribution in [-0.4, -0.2) is 29.4 Å². The fourth-order valence-electron chi connectivity index (χ4n) is 0.613. The number of hydrogen-bond acceptors (Lipinski definition) is 5. The first-order valence-electron chi connectivity index (χ1n) is 3.91. The van der Waals surface area contributed by atoms with Crippen molar-refractivity contribution < 1.29 is 23.9 Å². The maximum absolute atomic E-state index is 11.1. The van der Waals surface area contributed by atoms with Crippen LogP contribution in [0.5, 0.6) is 0 Å². The Morgan fingerprint density at radius 2 is 1.57 bits per heavy atom. The number of carbonyl (C=O) groups is 3. The van der Waals surface area contributed by atoms with Crippen LogP contribution < -0.4 is 0 Å². The third-order valence-corrected chi connectivity index (χ3v) is 1.59. The Bertz CT molecular complexity index is 250. The molecular formula is C8H11ClO5. The molecular weight excluding hydrogens is 212 g/mol. The molecule has 0 aliphatic carbocycles. The monoisotopic (exact) mass is 222 g/mol. The van der Waals surface area contributed by atoms with Crippen molar-refractivity contribution >= 4 is 28.8 Å². The van der Waals surface area contributed by atoms with Gasteiger partial charge in [-0.15, -0.1) is 0 Å². The minimum absolute atomic E-state index is 0.598. The second-order valence-corrected chi connectivity index (χ2v) is 3.01. The first-order valence-corrected chi connectivity index (χ1v) is 4.29. The van der Waals surface area contributed by atoms with Gasteiger partial charge in [0.25, 0.3) is 5.24 Å². The molecule has 0 fully saturated rings. The summed E-state index contributed by atoms with van der Waals surface area (Å²) < 4.78 is 9.10. The summed E-state index contributed by atoms with van der Waals surface area (Å²) >= 11 is 5.06. The molecule has 0 bridgehead atoms. The summed E-state index contributed by atoms with van der Waals surface area (Å²) in [5.74, 6) is -1.40. The molecule has 0 spiro atoms. The maximum atomic E-state index is 11.1. The maximum Gasteiger partial charge on any atom is 0.347 e. The third-order valence-electron chi connectivity index (χ3n) is 1.29. The van der Waals surface area contributed by atoms with Crippen molar-refractivity contribution in [2.75, 3.05) is 0 Å². The summed E-state index contributed by atoms with van der Waals surface area (Å²) in [5, 5.41) is -0.784. The highest BCUT2D eigenvalue weighted by molar-refractivity contribution is 6.64. The number of ether oxygens (including phenoxy) is 2. The Morgan fingerprint density at radius 1 is 1.07 bits per heavy atom. The molecule has 0 aromatic carbocycles. The lowest BCUT2D eigenvalue weighted by atomic mass is 10.4. The predicted molar refractivity (Wildman–Crippen MR) is 47.6 cm³/mol. The van der Waals surface area contributed by atoms with Gasteiger partial charge in [-0.1, -0.05) is 0 Å². The van der Waals surface area contributed by atoms with Crippen LogP contribution in [0, 0.1) is 0 Å². The third kappa shape index (κ3) is 4.81. The van der Waals surface area contributed by atoms with Gasteiger partial charge >= 0.3 is 11.9 Å². The number of halogens is 1. The fraction of sp³-hybridized carbons (Fsp3) is 0.625. The summed E-state index contributed by atoms with van der Waals surface area (Å²) in [6.45, 7) is 3.84. The molecule has 0 radical (unpaired) electrons. The van der Waals surface area contributed by atoms with Crippen LogP contribution in [0.25, 0.3) is 0 Å². The molecule has 0 rings (SSSR count). The number of hydrogen-bond donors (Lipinski definition) is 0. The van der Waals surface area contributed by atoms with Crippen molar-refractivity contribution in [2.24, 2.45) is 0 Å².